The summed E-state index contributed by atoms with van der Waals surface area (Å²) in [7, 11) is 1.75. The van der Waals surface area contributed by atoms with Crippen LogP contribution in [0.4, 0.5) is 0 Å². The minimum absolute atomic E-state index is 0.00927. The molecule has 88 valence electrons. The van der Waals surface area contributed by atoms with E-state index in [-0.39, 0.29) is 16.7 Å². The Kier molecular flexibility index (Phi) is 4.96. The van der Waals surface area contributed by atoms with Gasteiger partial charge in [-0.3, -0.25) is 4.79 Å². The third-order valence-corrected chi connectivity index (χ3v) is 3.07. The topological polar surface area (TPSA) is 40.5 Å². The lowest BCUT2D eigenvalue weighted by atomic mass is 10.2. The number of hydrogen-bond acceptors (Lipinski definition) is 3. The molecule has 0 atom stereocenters. The van der Waals surface area contributed by atoms with E-state index < -0.39 is 0 Å². The molecule has 0 saturated heterocycles. The summed E-state index contributed by atoms with van der Waals surface area (Å²) >= 11 is 7.43. The number of thioether (sulfide) groups is 1. The number of phenols is 1. The van der Waals surface area contributed by atoms with Crippen LogP contribution in [0, 0.1) is 0 Å². The molecule has 1 aromatic carbocycles. The Balaban J connectivity index is 2.76. The number of benzene rings is 1. The van der Waals surface area contributed by atoms with Crippen molar-refractivity contribution in [3.63, 3.8) is 0 Å². The van der Waals surface area contributed by atoms with Gasteiger partial charge in [0.1, 0.15) is 5.75 Å². The fourth-order valence-corrected chi connectivity index (χ4v) is 1.83. The first kappa shape index (κ1) is 13.2. The van der Waals surface area contributed by atoms with Crippen molar-refractivity contribution in [1.82, 2.24) is 4.90 Å². The van der Waals surface area contributed by atoms with Crippen LogP contribution in [0.25, 0.3) is 0 Å². The molecule has 0 unspecified atom stereocenters. The van der Waals surface area contributed by atoms with E-state index >= 15 is 0 Å². The zero-order valence-corrected chi connectivity index (χ0v) is 10.8. The zero-order valence-electron chi connectivity index (χ0n) is 9.24. The smallest absolute Gasteiger partial charge is 0.253 e. The van der Waals surface area contributed by atoms with E-state index in [1.807, 2.05) is 6.26 Å². The first-order chi connectivity index (χ1) is 7.56. The summed E-state index contributed by atoms with van der Waals surface area (Å²) in [6.07, 6.45) is 2.00. The highest BCUT2D eigenvalue weighted by molar-refractivity contribution is 7.98. The van der Waals surface area contributed by atoms with Crippen molar-refractivity contribution >= 4 is 29.3 Å². The Bertz CT molecular complexity index is 384. The van der Waals surface area contributed by atoms with Crippen molar-refractivity contribution in [2.45, 2.75) is 0 Å². The predicted octanol–water partition coefficient (Wildman–Crippen LogP) is 2.48. The summed E-state index contributed by atoms with van der Waals surface area (Å²) in [5, 5.41) is 9.44. The second-order valence-electron chi connectivity index (χ2n) is 3.39. The lowest BCUT2D eigenvalue weighted by molar-refractivity contribution is 0.0804. The highest BCUT2D eigenvalue weighted by Crippen LogP contribution is 2.24. The molecule has 3 nitrogen and oxygen atoms in total. The number of nitrogens with zero attached hydrogens (tertiary/aromatic N) is 1. The number of amides is 1. The third kappa shape index (κ3) is 3.32. The maximum atomic E-state index is 11.9. The summed E-state index contributed by atoms with van der Waals surface area (Å²) in [5.74, 6) is 0.801. The van der Waals surface area contributed by atoms with Crippen molar-refractivity contribution in [3.8, 4) is 5.75 Å². The molecule has 1 N–H and O–H groups in total. The number of phenolic OH excluding ortho intramolecular Hbond substituents is 1. The molecule has 5 heteroatoms. The standard InChI is InChI=1S/C11H14ClNO2S/c1-13(5-6-16-2)11(15)8-3-4-10(14)9(12)7-8/h3-4,7,14H,5-6H2,1-2H3. The number of aromatic hydroxyl groups is 1. The van der Waals surface area contributed by atoms with Crippen LogP contribution in [0.2, 0.25) is 5.02 Å². The van der Waals surface area contributed by atoms with Gasteiger partial charge < -0.3 is 10.0 Å². The van der Waals surface area contributed by atoms with Crippen molar-refractivity contribution in [2.75, 3.05) is 25.6 Å². The number of hydrogen-bond donors (Lipinski definition) is 1. The molecule has 0 aliphatic carbocycles. The van der Waals surface area contributed by atoms with Crippen LogP contribution < -0.4 is 0 Å². The normalized spacial score (nSPS) is 10.2. The van der Waals surface area contributed by atoms with Gasteiger partial charge >= 0.3 is 0 Å². The predicted molar refractivity (Wildman–Crippen MR) is 68.5 cm³/mol. The Hall–Kier alpha value is -0.870. The summed E-state index contributed by atoms with van der Waals surface area (Å²) < 4.78 is 0. The van der Waals surface area contributed by atoms with Crippen LogP contribution in [0.5, 0.6) is 5.75 Å². The summed E-state index contributed by atoms with van der Waals surface area (Å²) in [4.78, 5) is 13.5. The zero-order chi connectivity index (χ0) is 12.1. The second-order valence-corrected chi connectivity index (χ2v) is 4.78. The van der Waals surface area contributed by atoms with Gasteiger partial charge in [0.15, 0.2) is 0 Å². The highest BCUT2D eigenvalue weighted by atomic mass is 35.5. The van der Waals surface area contributed by atoms with Gasteiger partial charge in [0.25, 0.3) is 5.91 Å². The van der Waals surface area contributed by atoms with E-state index in [0.717, 1.165) is 5.75 Å². The van der Waals surface area contributed by atoms with E-state index in [1.165, 1.54) is 12.1 Å². The molecular weight excluding hydrogens is 246 g/mol. The van der Waals surface area contributed by atoms with Crippen LogP contribution in [0.1, 0.15) is 10.4 Å². The van der Waals surface area contributed by atoms with Crippen molar-refractivity contribution < 1.29 is 9.90 Å². The Labute approximate surface area is 104 Å². The van der Waals surface area contributed by atoms with Gasteiger partial charge in [0.05, 0.1) is 5.02 Å². The van der Waals surface area contributed by atoms with E-state index in [4.69, 9.17) is 11.6 Å². The van der Waals surface area contributed by atoms with E-state index in [0.29, 0.717) is 12.1 Å². The molecule has 0 fully saturated rings. The highest BCUT2D eigenvalue weighted by Gasteiger charge is 2.12. The number of carbonyl (C=O) groups is 1. The average molecular weight is 260 g/mol. The molecule has 0 aliphatic heterocycles. The van der Waals surface area contributed by atoms with Gasteiger partial charge in [0.2, 0.25) is 0 Å². The molecule has 0 spiro atoms. The number of rotatable bonds is 4. The van der Waals surface area contributed by atoms with E-state index in [2.05, 4.69) is 0 Å². The molecule has 1 amide bonds. The molecule has 0 saturated carbocycles. The van der Waals surface area contributed by atoms with Gasteiger partial charge in [0, 0.05) is 24.9 Å². The Morgan fingerprint density at radius 1 is 1.56 bits per heavy atom. The molecule has 1 aromatic rings. The summed E-state index contributed by atoms with van der Waals surface area (Å²) in [6, 6.07) is 4.48. The van der Waals surface area contributed by atoms with Gasteiger partial charge in [-0.25, -0.2) is 0 Å². The SMILES string of the molecule is CSCCN(C)C(=O)c1ccc(O)c(Cl)c1. The summed E-state index contributed by atoms with van der Waals surface area (Å²) in [5.41, 5.74) is 0.492. The number of halogens is 1. The Morgan fingerprint density at radius 2 is 2.25 bits per heavy atom. The average Bonchev–Trinajstić information content (AvgIpc) is 2.28. The monoisotopic (exact) mass is 259 g/mol. The molecule has 0 radical (unpaired) electrons. The summed E-state index contributed by atoms with van der Waals surface area (Å²) in [6.45, 7) is 0.693. The third-order valence-electron chi connectivity index (χ3n) is 2.17. The van der Waals surface area contributed by atoms with Crippen molar-refractivity contribution in [1.29, 1.82) is 0 Å². The lowest BCUT2D eigenvalue weighted by Crippen LogP contribution is -2.28. The molecule has 0 aliphatic rings. The fraction of sp³-hybridized carbons (Fsp3) is 0.364. The minimum atomic E-state index is -0.0871. The van der Waals surface area contributed by atoms with Gasteiger partial charge in [-0.2, -0.15) is 11.8 Å². The van der Waals surface area contributed by atoms with E-state index in [1.54, 1.807) is 29.8 Å². The van der Waals surface area contributed by atoms with Crippen molar-refractivity contribution in [2.24, 2.45) is 0 Å². The van der Waals surface area contributed by atoms with E-state index in [9.17, 15) is 9.90 Å². The molecular formula is C11H14ClNO2S. The maximum absolute atomic E-state index is 11.9. The quantitative estimate of drug-likeness (QED) is 0.903. The van der Waals surface area contributed by atoms with Crippen LogP contribution >= 0.6 is 23.4 Å². The van der Waals surface area contributed by atoms with Gasteiger partial charge in [-0.1, -0.05) is 11.6 Å². The molecule has 16 heavy (non-hydrogen) atoms. The first-order valence-electron chi connectivity index (χ1n) is 4.79. The fourth-order valence-electron chi connectivity index (χ4n) is 1.19. The van der Waals surface area contributed by atoms with Gasteiger partial charge in [-0.15, -0.1) is 0 Å². The molecule has 1 rings (SSSR count). The number of carbonyl (C=O) groups excluding carboxylic acids is 1. The minimum Gasteiger partial charge on any atom is -0.506 e. The van der Waals surface area contributed by atoms with Crippen LogP contribution in [-0.2, 0) is 0 Å². The Morgan fingerprint density at radius 3 is 2.81 bits per heavy atom. The van der Waals surface area contributed by atoms with Crippen LogP contribution in [-0.4, -0.2) is 41.5 Å². The largest absolute Gasteiger partial charge is 0.506 e. The van der Waals surface area contributed by atoms with Crippen LogP contribution in [0.15, 0.2) is 18.2 Å². The molecule has 0 aromatic heterocycles. The van der Waals surface area contributed by atoms with Crippen LogP contribution in [0.3, 0.4) is 0 Å². The molecule has 0 bridgehead atoms. The first-order valence-corrected chi connectivity index (χ1v) is 6.56. The lowest BCUT2D eigenvalue weighted by Gasteiger charge is -2.16. The maximum Gasteiger partial charge on any atom is 0.253 e. The molecule has 0 heterocycles. The second kappa shape index (κ2) is 6.01. The van der Waals surface area contributed by atoms with Crippen molar-refractivity contribution in [3.05, 3.63) is 28.8 Å². The van der Waals surface area contributed by atoms with Gasteiger partial charge in [-0.05, 0) is 24.5 Å².